The molecule has 31 heavy (non-hydrogen) atoms. The van der Waals surface area contributed by atoms with E-state index < -0.39 is 0 Å². The van der Waals surface area contributed by atoms with Crippen LogP contribution in [0, 0.1) is 11.2 Å². The molecule has 1 saturated heterocycles. The molecule has 166 valence electrons. The summed E-state index contributed by atoms with van der Waals surface area (Å²) in [5, 5.41) is 6.70. The number of nitrogens with zero attached hydrogens (tertiary/aromatic N) is 2. The highest BCUT2D eigenvalue weighted by atomic mass is 19.1. The number of carbonyl (C=O) groups excluding carboxylic acids is 1. The summed E-state index contributed by atoms with van der Waals surface area (Å²) in [5.41, 5.74) is 3.55. The largest absolute Gasteiger partial charge is 0.369 e. The molecule has 0 aromatic heterocycles. The molecule has 1 aromatic carbocycles. The van der Waals surface area contributed by atoms with Gasteiger partial charge in [-0.15, -0.1) is 0 Å². The first-order valence-electron chi connectivity index (χ1n) is 11.6. The molecule has 1 aromatic rings. The van der Waals surface area contributed by atoms with E-state index in [0.29, 0.717) is 5.41 Å². The number of carbonyl (C=O) groups is 1. The number of hydrogen-bond donors (Lipinski definition) is 2. The van der Waals surface area contributed by atoms with Gasteiger partial charge in [-0.25, -0.2) is 4.39 Å². The average molecular weight is 425 g/mol. The molecule has 5 nitrogen and oxygen atoms in total. The van der Waals surface area contributed by atoms with Crippen molar-refractivity contribution >= 4 is 11.6 Å². The van der Waals surface area contributed by atoms with E-state index in [0.717, 1.165) is 56.0 Å². The van der Waals surface area contributed by atoms with Gasteiger partial charge in [-0.2, -0.15) is 0 Å². The predicted octanol–water partition coefficient (Wildman–Crippen LogP) is 3.55. The molecule has 0 bridgehead atoms. The Kier molecular flexibility index (Phi) is 5.08. The second-order valence-electron chi connectivity index (χ2n) is 10.2. The number of piperazine rings is 1. The normalized spacial score (nSPS) is 26.1. The lowest BCUT2D eigenvalue weighted by molar-refractivity contribution is -0.119. The summed E-state index contributed by atoms with van der Waals surface area (Å²) in [6.45, 7) is 8.17. The van der Waals surface area contributed by atoms with Gasteiger partial charge >= 0.3 is 0 Å². The van der Waals surface area contributed by atoms with Crippen LogP contribution in [0.1, 0.15) is 46.0 Å². The molecular weight excluding hydrogens is 391 g/mol. The molecule has 1 saturated carbocycles. The van der Waals surface area contributed by atoms with Crippen molar-refractivity contribution in [3.8, 4) is 0 Å². The molecule has 1 atom stereocenters. The summed E-state index contributed by atoms with van der Waals surface area (Å²) in [6.07, 6.45) is 9.91. The van der Waals surface area contributed by atoms with Crippen LogP contribution < -0.4 is 15.5 Å². The van der Waals surface area contributed by atoms with Crippen molar-refractivity contribution in [1.29, 1.82) is 0 Å². The van der Waals surface area contributed by atoms with Crippen molar-refractivity contribution in [2.45, 2.75) is 57.7 Å². The van der Waals surface area contributed by atoms with Crippen LogP contribution >= 0.6 is 0 Å². The molecule has 6 heteroatoms. The molecular formula is C25H33FN4O. The fraction of sp³-hybridized carbons (Fsp3) is 0.560. The number of nitrogens with one attached hydrogen (secondary N) is 2. The van der Waals surface area contributed by atoms with Gasteiger partial charge in [0.1, 0.15) is 12.0 Å². The van der Waals surface area contributed by atoms with E-state index in [1.165, 1.54) is 31.4 Å². The summed E-state index contributed by atoms with van der Waals surface area (Å²) in [4.78, 5) is 17.5. The number of anilines is 1. The van der Waals surface area contributed by atoms with Crippen molar-refractivity contribution in [3.63, 3.8) is 0 Å². The van der Waals surface area contributed by atoms with Gasteiger partial charge in [0, 0.05) is 48.7 Å². The summed E-state index contributed by atoms with van der Waals surface area (Å²) < 4.78 is 13.2. The van der Waals surface area contributed by atoms with E-state index in [-0.39, 0.29) is 23.4 Å². The van der Waals surface area contributed by atoms with Gasteiger partial charge in [0.05, 0.1) is 0 Å². The zero-order valence-electron chi connectivity index (χ0n) is 18.6. The maximum atomic E-state index is 13.2. The third kappa shape index (κ3) is 4.22. The molecule has 2 aliphatic heterocycles. The topological polar surface area (TPSA) is 47.6 Å². The molecule has 2 N–H and O–H groups in total. The van der Waals surface area contributed by atoms with Crippen molar-refractivity contribution in [2.24, 2.45) is 5.41 Å². The minimum Gasteiger partial charge on any atom is -0.369 e. The van der Waals surface area contributed by atoms with Crippen molar-refractivity contribution in [3.05, 3.63) is 53.5 Å². The smallest absolute Gasteiger partial charge is 0.250 e. The average Bonchev–Trinajstić information content (AvgIpc) is 3.52. The maximum absolute atomic E-state index is 13.2. The third-order valence-corrected chi connectivity index (χ3v) is 7.65. The standard InChI is InChI=1S/C25H33FN4O/c1-24(2,30-15-13-29(14-16-30)19-5-3-18(26)4-6-19)9-8-22-27-21-7-10-25(11-12-25)17-20(21)23(31)28-22/h3-6,8-9,22,27H,7,10-17H2,1-2H3,(H,28,31)/b9-8+. The van der Waals surface area contributed by atoms with E-state index in [4.69, 9.17) is 0 Å². The van der Waals surface area contributed by atoms with Gasteiger partial charge in [-0.1, -0.05) is 6.08 Å². The van der Waals surface area contributed by atoms with Gasteiger partial charge in [0.25, 0.3) is 5.91 Å². The number of hydrogen-bond acceptors (Lipinski definition) is 4. The number of allylic oxidation sites excluding steroid dienone is 1. The first-order chi connectivity index (χ1) is 14.8. The van der Waals surface area contributed by atoms with Crippen LogP contribution in [0.25, 0.3) is 0 Å². The minimum absolute atomic E-state index is 0.111. The van der Waals surface area contributed by atoms with E-state index in [9.17, 15) is 9.18 Å². The Balaban J connectivity index is 1.18. The lowest BCUT2D eigenvalue weighted by Crippen LogP contribution is -2.54. The number of rotatable bonds is 4. The van der Waals surface area contributed by atoms with E-state index in [1.807, 2.05) is 12.1 Å². The molecule has 2 fully saturated rings. The molecule has 5 rings (SSSR count). The molecule has 2 aliphatic carbocycles. The van der Waals surface area contributed by atoms with Gasteiger partial charge in [-0.3, -0.25) is 9.69 Å². The van der Waals surface area contributed by atoms with Crippen LogP contribution in [0.3, 0.4) is 0 Å². The highest BCUT2D eigenvalue weighted by Crippen LogP contribution is 2.57. The Morgan fingerprint density at radius 1 is 1.06 bits per heavy atom. The van der Waals surface area contributed by atoms with Crippen LogP contribution in [0.4, 0.5) is 10.1 Å². The summed E-state index contributed by atoms with van der Waals surface area (Å²) in [7, 11) is 0. The Morgan fingerprint density at radius 2 is 1.77 bits per heavy atom. The van der Waals surface area contributed by atoms with Crippen LogP contribution in [0.15, 0.2) is 47.7 Å². The molecule has 0 radical (unpaired) electrons. The fourth-order valence-corrected chi connectivity index (χ4v) is 5.27. The highest BCUT2D eigenvalue weighted by Gasteiger charge is 2.47. The Morgan fingerprint density at radius 3 is 2.45 bits per heavy atom. The van der Waals surface area contributed by atoms with Crippen molar-refractivity contribution < 1.29 is 9.18 Å². The Hall–Kier alpha value is -2.34. The molecule has 1 unspecified atom stereocenters. The minimum atomic E-state index is -0.194. The fourth-order valence-electron chi connectivity index (χ4n) is 5.27. The molecule has 1 amide bonds. The Labute approximate surface area is 184 Å². The zero-order chi connectivity index (χ0) is 21.6. The van der Waals surface area contributed by atoms with E-state index in [2.05, 4.69) is 46.4 Å². The SMILES string of the molecule is CC(C)(/C=C/C1NC(=O)C2=C(CCC3(CC3)C2)N1)N1CCN(c2ccc(F)cc2)CC1. The molecule has 1 spiro atoms. The summed E-state index contributed by atoms with van der Waals surface area (Å²) in [5.74, 6) is -0.0830. The van der Waals surface area contributed by atoms with E-state index >= 15 is 0 Å². The second kappa shape index (κ2) is 7.66. The molecule has 2 heterocycles. The summed E-state index contributed by atoms with van der Waals surface area (Å²) in [6, 6.07) is 6.76. The maximum Gasteiger partial charge on any atom is 0.250 e. The van der Waals surface area contributed by atoms with Crippen LogP contribution in [0.5, 0.6) is 0 Å². The summed E-state index contributed by atoms with van der Waals surface area (Å²) >= 11 is 0. The lowest BCUT2D eigenvalue weighted by Gasteiger charge is -2.43. The van der Waals surface area contributed by atoms with Crippen LogP contribution in [-0.2, 0) is 4.79 Å². The monoisotopic (exact) mass is 424 g/mol. The van der Waals surface area contributed by atoms with Crippen LogP contribution in [0.2, 0.25) is 0 Å². The Bertz CT molecular complexity index is 908. The number of halogens is 1. The molecule has 4 aliphatic rings. The van der Waals surface area contributed by atoms with Gasteiger partial charge in [0.15, 0.2) is 0 Å². The second-order valence-corrected chi connectivity index (χ2v) is 10.2. The van der Waals surface area contributed by atoms with E-state index in [1.54, 1.807) is 0 Å². The van der Waals surface area contributed by atoms with Crippen molar-refractivity contribution in [1.82, 2.24) is 15.5 Å². The van der Waals surface area contributed by atoms with Crippen LogP contribution in [-0.4, -0.2) is 48.7 Å². The quantitative estimate of drug-likeness (QED) is 0.726. The van der Waals surface area contributed by atoms with Crippen molar-refractivity contribution in [2.75, 3.05) is 31.1 Å². The van der Waals surface area contributed by atoms with Gasteiger partial charge in [-0.05, 0) is 81.7 Å². The number of benzene rings is 1. The van der Waals surface area contributed by atoms with Gasteiger partial charge in [0.2, 0.25) is 0 Å². The first kappa shape index (κ1) is 20.6. The highest BCUT2D eigenvalue weighted by molar-refractivity contribution is 5.95. The third-order valence-electron chi connectivity index (χ3n) is 7.65. The predicted molar refractivity (Wildman–Crippen MR) is 121 cm³/mol. The zero-order valence-corrected chi connectivity index (χ0v) is 18.6. The lowest BCUT2D eigenvalue weighted by atomic mass is 9.82. The number of amides is 1. The first-order valence-corrected chi connectivity index (χ1v) is 11.6. The van der Waals surface area contributed by atoms with Gasteiger partial charge < -0.3 is 15.5 Å².